The zero-order valence-corrected chi connectivity index (χ0v) is 11.8. The molecular formula is C15H26BN. The average Bonchev–Trinajstić information content (AvgIpc) is 2.75. The fraction of sp³-hybridized carbons (Fsp3) is 0.600. The Labute approximate surface area is 107 Å². The quantitative estimate of drug-likeness (QED) is 0.491. The molecule has 1 aliphatic rings. The highest BCUT2D eigenvalue weighted by Gasteiger charge is 2.23. The Bertz CT molecular complexity index is 304. The zero-order valence-electron chi connectivity index (χ0n) is 11.8. The van der Waals surface area contributed by atoms with Crippen LogP contribution in [0.15, 0.2) is 36.0 Å². The van der Waals surface area contributed by atoms with Crippen molar-refractivity contribution in [2.24, 2.45) is 0 Å². The van der Waals surface area contributed by atoms with E-state index >= 15 is 0 Å². The fourth-order valence-electron chi connectivity index (χ4n) is 2.46. The van der Waals surface area contributed by atoms with E-state index in [-0.39, 0.29) is 0 Å². The van der Waals surface area contributed by atoms with E-state index in [2.05, 4.69) is 62.9 Å². The Hall–Kier alpha value is -0.915. The first-order valence-electron chi connectivity index (χ1n) is 6.95. The minimum atomic E-state index is 0.567. The number of unbranched alkanes of at least 4 members (excludes halogenated alkanes) is 1. The maximum Gasteiger partial charge on any atom is 0.187 e. The zero-order chi connectivity index (χ0) is 12.7. The Morgan fingerprint density at radius 1 is 1.47 bits per heavy atom. The smallest absolute Gasteiger partial charge is 0.187 e. The summed E-state index contributed by atoms with van der Waals surface area (Å²) in [7, 11) is 0. The molecule has 1 rings (SSSR count). The highest BCUT2D eigenvalue weighted by molar-refractivity contribution is 6.63. The van der Waals surface area contributed by atoms with Crippen LogP contribution in [0, 0.1) is 0 Å². The van der Waals surface area contributed by atoms with Gasteiger partial charge in [0, 0.05) is 0 Å². The van der Waals surface area contributed by atoms with Crippen LogP contribution in [0.4, 0.5) is 0 Å². The molecule has 0 fully saturated rings. The van der Waals surface area contributed by atoms with Gasteiger partial charge in [-0.1, -0.05) is 50.8 Å². The molecule has 17 heavy (non-hydrogen) atoms. The van der Waals surface area contributed by atoms with Crippen LogP contribution < -0.4 is 0 Å². The molecule has 0 aromatic heterocycles. The molecular weight excluding hydrogens is 205 g/mol. The standard InChI is InChI=1S/C15H26BN/c1-5-8-10-15(14(7-3)9-6-2)17-12-11-16(4)13-17/h6-7,9,11-12,15H,5,8,10,13H2,1-4H3/b9-6-,14-7+. The Morgan fingerprint density at radius 2 is 2.24 bits per heavy atom. The average molecular weight is 231 g/mol. The third-order valence-corrected chi connectivity index (χ3v) is 3.41. The Balaban J connectivity index is 2.76. The van der Waals surface area contributed by atoms with Crippen LogP contribution in [0.2, 0.25) is 6.82 Å². The molecule has 1 unspecified atom stereocenters. The van der Waals surface area contributed by atoms with E-state index in [0.717, 1.165) is 0 Å². The normalized spacial score (nSPS) is 18.5. The van der Waals surface area contributed by atoms with Gasteiger partial charge in [-0.3, -0.25) is 0 Å². The largest absolute Gasteiger partial charge is 0.378 e. The summed E-state index contributed by atoms with van der Waals surface area (Å²) in [6, 6.07) is 0.567. The molecule has 0 aromatic rings. The topological polar surface area (TPSA) is 3.24 Å². The van der Waals surface area contributed by atoms with E-state index < -0.39 is 0 Å². The highest BCUT2D eigenvalue weighted by atomic mass is 15.1. The molecule has 0 amide bonds. The summed E-state index contributed by atoms with van der Waals surface area (Å²) in [5.41, 5.74) is 1.46. The molecule has 1 heterocycles. The molecule has 0 saturated carbocycles. The van der Waals surface area contributed by atoms with Gasteiger partial charge < -0.3 is 4.90 Å². The monoisotopic (exact) mass is 231 g/mol. The van der Waals surface area contributed by atoms with E-state index in [9.17, 15) is 0 Å². The molecule has 0 spiro atoms. The van der Waals surface area contributed by atoms with Crippen LogP contribution in [0.3, 0.4) is 0 Å². The lowest BCUT2D eigenvalue weighted by molar-refractivity contribution is 0.337. The van der Waals surface area contributed by atoms with Gasteiger partial charge in [0.1, 0.15) is 0 Å². The van der Waals surface area contributed by atoms with E-state index in [1.54, 1.807) is 0 Å². The molecule has 0 bridgehead atoms. The number of hydrogen-bond acceptors (Lipinski definition) is 1. The molecule has 1 atom stereocenters. The van der Waals surface area contributed by atoms with Crippen LogP contribution >= 0.6 is 0 Å². The van der Waals surface area contributed by atoms with Crippen molar-refractivity contribution < 1.29 is 0 Å². The Morgan fingerprint density at radius 3 is 2.71 bits per heavy atom. The predicted octanol–water partition coefficient (Wildman–Crippen LogP) is 4.10. The molecule has 0 radical (unpaired) electrons. The van der Waals surface area contributed by atoms with Crippen molar-refractivity contribution >= 4 is 6.71 Å². The summed E-state index contributed by atoms with van der Waals surface area (Å²) in [5, 5.41) is 0. The van der Waals surface area contributed by atoms with Crippen molar-refractivity contribution in [3.05, 3.63) is 36.0 Å². The fourth-order valence-corrected chi connectivity index (χ4v) is 2.46. The van der Waals surface area contributed by atoms with Gasteiger partial charge in [-0.25, -0.2) is 0 Å². The van der Waals surface area contributed by atoms with Gasteiger partial charge in [0.15, 0.2) is 6.71 Å². The van der Waals surface area contributed by atoms with Crippen molar-refractivity contribution in [3.63, 3.8) is 0 Å². The van der Waals surface area contributed by atoms with Gasteiger partial charge in [0.05, 0.1) is 6.04 Å². The highest BCUT2D eigenvalue weighted by Crippen LogP contribution is 2.22. The van der Waals surface area contributed by atoms with Gasteiger partial charge in [0.2, 0.25) is 0 Å². The third-order valence-electron chi connectivity index (χ3n) is 3.41. The van der Waals surface area contributed by atoms with E-state index in [4.69, 9.17) is 0 Å². The lowest BCUT2D eigenvalue weighted by Crippen LogP contribution is -2.34. The van der Waals surface area contributed by atoms with Crippen molar-refractivity contribution in [1.82, 2.24) is 4.90 Å². The summed E-state index contributed by atoms with van der Waals surface area (Å²) < 4.78 is 0. The lowest BCUT2D eigenvalue weighted by Gasteiger charge is -2.30. The molecule has 0 N–H and O–H groups in total. The minimum Gasteiger partial charge on any atom is -0.378 e. The summed E-state index contributed by atoms with van der Waals surface area (Å²) in [5.74, 6) is 2.32. The van der Waals surface area contributed by atoms with Crippen molar-refractivity contribution in [2.45, 2.75) is 52.9 Å². The first kappa shape index (κ1) is 14.1. The first-order valence-corrected chi connectivity index (χ1v) is 6.95. The van der Waals surface area contributed by atoms with Crippen LogP contribution in [-0.2, 0) is 0 Å². The predicted molar refractivity (Wildman–Crippen MR) is 79.3 cm³/mol. The van der Waals surface area contributed by atoms with Gasteiger partial charge in [-0.05, 0) is 38.5 Å². The second-order valence-electron chi connectivity index (χ2n) is 4.96. The van der Waals surface area contributed by atoms with Gasteiger partial charge in [0.25, 0.3) is 0 Å². The van der Waals surface area contributed by atoms with Gasteiger partial charge in [-0.2, -0.15) is 0 Å². The van der Waals surface area contributed by atoms with Crippen LogP contribution in [0.5, 0.6) is 0 Å². The van der Waals surface area contributed by atoms with Crippen LogP contribution in [0.1, 0.15) is 40.0 Å². The first-order chi connectivity index (χ1) is 8.22. The van der Waals surface area contributed by atoms with Gasteiger partial charge in [-0.15, -0.1) is 0 Å². The van der Waals surface area contributed by atoms with Crippen molar-refractivity contribution in [3.8, 4) is 0 Å². The molecule has 0 aliphatic carbocycles. The number of nitrogens with zero attached hydrogens (tertiary/aromatic N) is 1. The van der Waals surface area contributed by atoms with E-state index in [0.29, 0.717) is 12.8 Å². The summed E-state index contributed by atoms with van der Waals surface area (Å²) in [6.07, 6.45) is 14.0. The minimum absolute atomic E-state index is 0.567. The number of hydrogen-bond donors (Lipinski definition) is 0. The summed E-state index contributed by atoms with van der Waals surface area (Å²) in [4.78, 5) is 2.51. The van der Waals surface area contributed by atoms with Crippen molar-refractivity contribution in [2.75, 3.05) is 6.44 Å². The van der Waals surface area contributed by atoms with E-state index in [1.807, 2.05) is 0 Å². The molecule has 1 aliphatic heterocycles. The number of allylic oxidation sites excluding steroid dienone is 2. The second-order valence-corrected chi connectivity index (χ2v) is 4.96. The maximum absolute atomic E-state index is 2.51. The van der Waals surface area contributed by atoms with Gasteiger partial charge >= 0.3 is 0 Å². The van der Waals surface area contributed by atoms with E-state index in [1.165, 1.54) is 31.3 Å². The molecule has 0 saturated heterocycles. The molecule has 1 nitrogen and oxygen atoms in total. The third kappa shape index (κ3) is 4.10. The molecule has 2 heteroatoms. The molecule has 0 aromatic carbocycles. The number of rotatable bonds is 6. The maximum atomic E-state index is 2.51. The summed E-state index contributed by atoms with van der Waals surface area (Å²) in [6.45, 7) is 9.51. The van der Waals surface area contributed by atoms with Crippen molar-refractivity contribution in [1.29, 1.82) is 0 Å². The van der Waals surface area contributed by atoms with Crippen LogP contribution in [-0.4, -0.2) is 24.1 Å². The SMILES string of the molecule is C/C=C\C(=C/C)C(CCCC)N1C=CB(C)C1. The summed E-state index contributed by atoms with van der Waals surface area (Å²) >= 11 is 0. The Kier molecular flexibility index (Phi) is 6.17. The lowest BCUT2D eigenvalue weighted by atomic mass is 9.54. The second kappa shape index (κ2) is 7.42. The molecule has 94 valence electrons. The van der Waals surface area contributed by atoms with Crippen LogP contribution in [0.25, 0.3) is 0 Å².